The van der Waals surface area contributed by atoms with Crippen molar-refractivity contribution < 1.29 is 9.47 Å². The van der Waals surface area contributed by atoms with Crippen molar-refractivity contribution in [2.45, 2.75) is 64.2 Å². The Balaban J connectivity index is 1.29. The van der Waals surface area contributed by atoms with Gasteiger partial charge in [0.15, 0.2) is 5.82 Å². The van der Waals surface area contributed by atoms with Crippen LogP contribution in [0.5, 0.6) is 11.5 Å². The van der Waals surface area contributed by atoms with Crippen molar-refractivity contribution in [1.29, 1.82) is 0 Å². The molecule has 4 heteroatoms. The molecule has 0 N–H and O–H groups in total. The topological polar surface area (TPSA) is 44.2 Å². The summed E-state index contributed by atoms with van der Waals surface area (Å²) in [4.78, 5) is 8.98. The molecule has 0 atom stereocenters. The van der Waals surface area contributed by atoms with Crippen molar-refractivity contribution in [1.82, 2.24) is 9.97 Å². The molecule has 0 saturated carbocycles. The summed E-state index contributed by atoms with van der Waals surface area (Å²) in [6, 6.07) is 17.7. The predicted octanol–water partition coefficient (Wildman–Crippen LogP) is 7.43. The number of aryl methyl sites for hydroxylation is 3. The predicted molar refractivity (Wildman–Crippen MR) is 151 cm³/mol. The highest BCUT2D eigenvalue weighted by Gasteiger charge is 2.28. The van der Waals surface area contributed by atoms with Gasteiger partial charge in [-0.2, -0.15) is 0 Å². The first kappa shape index (κ1) is 23.5. The van der Waals surface area contributed by atoms with Crippen molar-refractivity contribution in [2.24, 2.45) is 0 Å². The molecule has 0 unspecified atom stereocenters. The molecular weight excluding hydrogens is 468 g/mol. The lowest BCUT2D eigenvalue weighted by Crippen LogP contribution is -2.18. The van der Waals surface area contributed by atoms with E-state index in [1.54, 1.807) is 0 Å². The monoisotopic (exact) mass is 502 g/mol. The van der Waals surface area contributed by atoms with E-state index >= 15 is 0 Å². The van der Waals surface area contributed by atoms with Gasteiger partial charge in [0.05, 0.1) is 19.1 Å². The van der Waals surface area contributed by atoms with Crippen molar-refractivity contribution in [2.75, 3.05) is 13.2 Å². The third-order valence-electron chi connectivity index (χ3n) is 8.54. The third kappa shape index (κ3) is 4.26. The average molecular weight is 503 g/mol. The van der Waals surface area contributed by atoms with E-state index in [1.807, 2.05) is 19.3 Å². The zero-order valence-corrected chi connectivity index (χ0v) is 22.1. The van der Waals surface area contributed by atoms with Crippen LogP contribution < -0.4 is 9.47 Å². The number of fused-ring (bicyclic) bond motifs is 7. The molecular formula is C34H34N2O2. The largest absolute Gasteiger partial charge is 0.492 e. The summed E-state index contributed by atoms with van der Waals surface area (Å²) in [5.41, 5.74) is 11.9. The van der Waals surface area contributed by atoms with Gasteiger partial charge in [0.25, 0.3) is 0 Å². The van der Waals surface area contributed by atoms with Gasteiger partial charge in [0, 0.05) is 29.1 Å². The summed E-state index contributed by atoms with van der Waals surface area (Å²) in [6.07, 6.45) is 13.3. The Bertz CT molecular complexity index is 1400. The third-order valence-corrected chi connectivity index (χ3v) is 8.54. The van der Waals surface area contributed by atoms with Gasteiger partial charge < -0.3 is 9.47 Å². The lowest BCUT2D eigenvalue weighted by atomic mass is 9.80. The quantitative estimate of drug-likeness (QED) is 0.286. The number of nitrogens with zero attached hydrogens (tertiary/aromatic N) is 2. The van der Waals surface area contributed by atoms with Crippen LogP contribution in [0.4, 0.5) is 0 Å². The molecule has 38 heavy (non-hydrogen) atoms. The van der Waals surface area contributed by atoms with Crippen molar-refractivity contribution in [3.05, 3.63) is 94.3 Å². The van der Waals surface area contributed by atoms with Crippen LogP contribution in [0.2, 0.25) is 0 Å². The van der Waals surface area contributed by atoms with Gasteiger partial charge in [-0.05, 0) is 104 Å². The Kier molecular flexibility index (Phi) is 6.11. The maximum Gasteiger partial charge on any atom is 0.159 e. The van der Waals surface area contributed by atoms with Crippen LogP contribution >= 0.6 is 0 Å². The fourth-order valence-electron chi connectivity index (χ4n) is 6.47. The van der Waals surface area contributed by atoms with Crippen LogP contribution in [0.3, 0.4) is 0 Å². The Hall–Kier alpha value is -3.66. The van der Waals surface area contributed by atoms with Gasteiger partial charge in [-0.25, -0.2) is 9.97 Å². The lowest BCUT2D eigenvalue weighted by Gasteiger charge is -2.27. The Morgan fingerprint density at radius 3 is 1.71 bits per heavy atom. The van der Waals surface area contributed by atoms with Crippen LogP contribution in [0.15, 0.2) is 60.9 Å². The lowest BCUT2D eigenvalue weighted by molar-refractivity contribution is 0.223. The molecule has 0 radical (unpaired) electrons. The molecule has 3 aliphatic rings. The zero-order valence-electron chi connectivity index (χ0n) is 22.1. The molecule has 192 valence electrons. The minimum Gasteiger partial charge on any atom is -0.492 e. The Morgan fingerprint density at radius 2 is 1.16 bits per heavy atom. The number of hydrogen-bond acceptors (Lipinski definition) is 4. The SMILES string of the molecule is Cc1cnc(-c2ccc(C3COc4ccc5c(c4-c4c(ccc6c4CCCC6)OC3)CCCC5)cc2)nc1. The summed E-state index contributed by atoms with van der Waals surface area (Å²) < 4.78 is 13.4. The summed E-state index contributed by atoms with van der Waals surface area (Å²) >= 11 is 0. The number of rotatable bonds is 2. The summed E-state index contributed by atoms with van der Waals surface area (Å²) in [5.74, 6) is 2.91. The highest BCUT2D eigenvalue weighted by atomic mass is 16.5. The van der Waals surface area contributed by atoms with E-state index in [2.05, 4.69) is 58.5 Å². The van der Waals surface area contributed by atoms with Gasteiger partial charge in [0.1, 0.15) is 11.5 Å². The van der Waals surface area contributed by atoms with Crippen LogP contribution in [0.25, 0.3) is 22.5 Å². The smallest absolute Gasteiger partial charge is 0.159 e. The molecule has 0 amide bonds. The normalized spacial score (nSPS) is 16.9. The van der Waals surface area contributed by atoms with Crippen molar-refractivity contribution in [3.8, 4) is 34.0 Å². The molecule has 0 fully saturated rings. The minimum atomic E-state index is 0.119. The van der Waals surface area contributed by atoms with Gasteiger partial charge in [-0.15, -0.1) is 0 Å². The first-order valence-electron chi connectivity index (χ1n) is 14.2. The molecule has 0 bridgehead atoms. The minimum absolute atomic E-state index is 0.119. The van der Waals surface area contributed by atoms with Gasteiger partial charge >= 0.3 is 0 Å². The van der Waals surface area contributed by atoms with E-state index in [1.165, 1.54) is 64.6 Å². The van der Waals surface area contributed by atoms with Crippen LogP contribution in [0, 0.1) is 6.92 Å². The summed E-state index contributed by atoms with van der Waals surface area (Å²) in [7, 11) is 0. The highest BCUT2D eigenvalue weighted by molar-refractivity contribution is 5.84. The molecule has 1 aliphatic heterocycles. The van der Waals surface area contributed by atoms with E-state index in [4.69, 9.17) is 9.47 Å². The van der Waals surface area contributed by atoms with E-state index in [0.29, 0.717) is 13.2 Å². The van der Waals surface area contributed by atoms with E-state index in [-0.39, 0.29) is 5.92 Å². The maximum absolute atomic E-state index is 6.71. The fourth-order valence-corrected chi connectivity index (χ4v) is 6.47. The molecule has 3 aromatic carbocycles. The molecule has 2 heterocycles. The average Bonchev–Trinajstić information content (AvgIpc) is 3.05. The van der Waals surface area contributed by atoms with Crippen LogP contribution in [-0.2, 0) is 25.7 Å². The second kappa shape index (κ2) is 9.90. The van der Waals surface area contributed by atoms with Gasteiger partial charge in [0.2, 0.25) is 0 Å². The Morgan fingerprint density at radius 1 is 0.632 bits per heavy atom. The summed E-state index contributed by atoms with van der Waals surface area (Å²) in [5, 5.41) is 0. The molecule has 7 rings (SSSR count). The van der Waals surface area contributed by atoms with Gasteiger partial charge in [-0.3, -0.25) is 0 Å². The molecule has 2 aliphatic carbocycles. The first-order chi connectivity index (χ1) is 18.7. The van der Waals surface area contributed by atoms with E-state index < -0.39 is 0 Å². The molecule has 0 spiro atoms. The molecule has 4 nitrogen and oxygen atoms in total. The number of benzene rings is 3. The second-order valence-electron chi connectivity index (χ2n) is 11.1. The second-order valence-corrected chi connectivity index (χ2v) is 11.1. The van der Waals surface area contributed by atoms with Crippen LogP contribution in [0.1, 0.15) is 65.0 Å². The van der Waals surface area contributed by atoms with Crippen molar-refractivity contribution in [3.63, 3.8) is 0 Å². The standard InChI is InChI=1S/C34H34N2O2/c1-22-18-35-34(36-19-22)26-12-10-23(11-13-26)27-20-37-30-16-14-24-6-2-4-8-28(24)32(30)33-29-9-5-3-7-25(29)15-17-31(33)38-21-27/h10-19,27H,2-9,20-21H2,1H3. The molecule has 1 aromatic heterocycles. The van der Waals surface area contributed by atoms with E-state index in [0.717, 1.165) is 54.1 Å². The summed E-state index contributed by atoms with van der Waals surface area (Å²) in [6.45, 7) is 3.18. The number of hydrogen-bond donors (Lipinski definition) is 0. The highest BCUT2D eigenvalue weighted by Crippen LogP contribution is 2.47. The fraction of sp³-hybridized carbons (Fsp3) is 0.353. The zero-order chi connectivity index (χ0) is 25.5. The number of ether oxygens (including phenoxy) is 2. The molecule has 4 aromatic rings. The Labute approximate surface area is 225 Å². The van der Waals surface area contributed by atoms with E-state index in [9.17, 15) is 0 Å². The first-order valence-corrected chi connectivity index (χ1v) is 14.2. The van der Waals surface area contributed by atoms with Crippen LogP contribution in [-0.4, -0.2) is 23.2 Å². The maximum atomic E-state index is 6.71. The van der Waals surface area contributed by atoms with Gasteiger partial charge in [-0.1, -0.05) is 36.4 Å². The molecule has 0 saturated heterocycles. The number of aromatic nitrogens is 2. The van der Waals surface area contributed by atoms with Crippen molar-refractivity contribution >= 4 is 0 Å².